The summed E-state index contributed by atoms with van der Waals surface area (Å²) < 4.78 is 66.0. The molecule has 1 saturated heterocycles. The van der Waals surface area contributed by atoms with Gasteiger partial charge in [0, 0.05) is 36.4 Å². The summed E-state index contributed by atoms with van der Waals surface area (Å²) in [6.07, 6.45) is -3.20. The van der Waals surface area contributed by atoms with Gasteiger partial charge in [0.15, 0.2) is 0 Å². The predicted octanol–water partition coefficient (Wildman–Crippen LogP) is 4.88. The Morgan fingerprint density at radius 1 is 0.944 bits per heavy atom. The topological polar surface area (TPSA) is 95.6 Å². The Morgan fingerprint density at radius 2 is 1.64 bits per heavy atom. The Labute approximate surface area is 206 Å². The third-order valence-corrected chi connectivity index (χ3v) is 7.02. The van der Waals surface area contributed by atoms with E-state index in [1.54, 1.807) is 29.2 Å². The van der Waals surface area contributed by atoms with E-state index in [4.69, 9.17) is 0 Å². The van der Waals surface area contributed by atoms with E-state index in [2.05, 4.69) is 10.0 Å². The summed E-state index contributed by atoms with van der Waals surface area (Å²) in [4.78, 5) is 25.9. The quantitative estimate of drug-likeness (QED) is 0.467. The minimum Gasteiger partial charge on any atom is -0.338 e. The Kier molecular flexibility index (Phi) is 7.02. The van der Waals surface area contributed by atoms with Crippen LogP contribution in [-0.2, 0) is 27.5 Å². The van der Waals surface area contributed by atoms with E-state index in [0.717, 1.165) is 30.7 Å². The van der Waals surface area contributed by atoms with Crippen molar-refractivity contribution in [2.24, 2.45) is 0 Å². The molecule has 1 fully saturated rings. The fraction of sp³-hybridized carbons (Fsp3) is 0.200. The molecule has 1 aliphatic rings. The standard InChI is InChI=1S/C25H22F3N3O4S/c26-25(27,28)19-3-1-4-21(15-19)30-36(34,35)22-12-10-20(11-13-22)29-24(33)18-8-6-17(7-9-18)16-31-14-2-5-23(31)32/h1,3-4,6-13,15,30H,2,5,14,16H2,(H,29,33). The molecule has 0 atom stereocenters. The van der Waals surface area contributed by atoms with Crippen molar-refractivity contribution in [2.75, 3.05) is 16.6 Å². The van der Waals surface area contributed by atoms with Crippen LogP contribution in [-0.4, -0.2) is 31.7 Å². The van der Waals surface area contributed by atoms with Crippen LogP contribution in [0.3, 0.4) is 0 Å². The monoisotopic (exact) mass is 517 g/mol. The number of hydrogen-bond donors (Lipinski definition) is 2. The Morgan fingerprint density at radius 3 is 2.25 bits per heavy atom. The molecule has 0 saturated carbocycles. The Balaban J connectivity index is 1.39. The van der Waals surface area contributed by atoms with Crippen molar-refractivity contribution >= 4 is 33.2 Å². The van der Waals surface area contributed by atoms with E-state index in [1.807, 2.05) is 0 Å². The number of nitrogens with zero attached hydrogens (tertiary/aromatic N) is 1. The van der Waals surface area contributed by atoms with Crippen LogP contribution in [0.4, 0.5) is 24.5 Å². The number of likely N-dealkylation sites (tertiary alicyclic amines) is 1. The molecule has 0 aromatic heterocycles. The van der Waals surface area contributed by atoms with Crippen molar-refractivity contribution in [1.29, 1.82) is 0 Å². The van der Waals surface area contributed by atoms with E-state index >= 15 is 0 Å². The highest BCUT2D eigenvalue weighted by Gasteiger charge is 2.30. The van der Waals surface area contributed by atoms with Crippen LogP contribution in [0.2, 0.25) is 0 Å². The number of benzene rings is 3. The second kappa shape index (κ2) is 10.0. The molecule has 1 heterocycles. The number of rotatable bonds is 7. The zero-order valence-electron chi connectivity index (χ0n) is 18.9. The van der Waals surface area contributed by atoms with Gasteiger partial charge < -0.3 is 10.2 Å². The third kappa shape index (κ3) is 6.03. The molecular formula is C25H22F3N3O4S. The van der Waals surface area contributed by atoms with Crippen molar-refractivity contribution in [1.82, 2.24) is 4.90 Å². The van der Waals surface area contributed by atoms with E-state index in [1.165, 1.54) is 30.3 Å². The van der Waals surface area contributed by atoms with Gasteiger partial charge in [0.1, 0.15) is 0 Å². The molecule has 7 nitrogen and oxygen atoms in total. The summed E-state index contributed by atoms with van der Waals surface area (Å²) in [5, 5.41) is 2.67. The molecule has 4 rings (SSSR count). The van der Waals surface area contributed by atoms with Crippen LogP contribution >= 0.6 is 0 Å². The Bertz CT molecular complexity index is 1370. The molecule has 1 aliphatic heterocycles. The number of carbonyl (C=O) groups excluding carboxylic acids is 2. The van der Waals surface area contributed by atoms with Gasteiger partial charge in [-0.15, -0.1) is 0 Å². The number of halogens is 3. The van der Waals surface area contributed by atoms with Crippen LogP contribution in [0.15, 0.2) is 77.7 Å². The van der Waals surface area contributed by atoms with Crippen LogP contribution in [0.5, 0.6) is 0 Å². The van der Waals surface area contributed by atoms with Crippen LogP contribution in [0, 0.1) is 0 Å². The number of amides is 2. The summed E-state index contributed by atoms with van der Waals surface area (Å²) in [7, 11) is -4.15. The normalized spacial score (nSPS) is 14.1. The van der Waals surface area contributed by atoms with Gasteiger partial charge in [-0.25, -0.2) is 8.42 Å². The van der Waals surface area contributed by atoms with Gasteiger partial charge in [0.2, 0.25) is 5.91 Å². The molecule has 2 amide bonds. The molecule has 3 aromatic carbocycles. The van der Waals surface area contributed by atoms with E-state index in [0.29, 0.717) is 30.3 Å². The molecular weight excluding hydrogens is 495 g/mol. The summed E-state index contributed by atoms with van der Waals surface area (Å²) in [5.41, 5.74) is 0.432. The zero-order chi connectivity index (χ0) is 25.9. The van der Waals surface area contributed by atoms with E-state index < -0.39 is 27.7 Å². The first-order chi connectivity index (χ1) is 17.0. The van der Waals surface area contributed by atoms with Gasteiger partial charge in [-0.3, -0.25) is 14.3 Å². The summed E-state index contributed by atoms with van der Waals surface area (Å²) in [6, 6.07) is 15.9. The maximum Gasteiger partial charge on any atom is 0.416 e. The average molecular weight is 518 g/mol. The fourth-order valence-corrected chi connectivity index (χ4v) is 4.80. The first-order valence-corrected chi connectivity index (χ1v) is 12.5. The van der Waals surface area contributed by atoms with Crippen LogP contribution in [0.25, 0.3) is 0 Å². The molecule has 0 aliphatic carbocycles. The second-order valence-electron chi connectivity index (χ2n) is 8.28. The lowest BCUT2D eigenvalue weighted by molar-refractivity contribution is -0.137. The van der Waals surface area contributed by atoms with Gasteiger partial charge >= 0.3 is 6.18 Å². The molecule has 188 valence electrons. The molecule has 0 radical (unpaired) electrons. The summed E-state index contributed by atoms with van der Waals surface area (Å²) >= 11 is 0. The van der Waals surface area contributed by atoms with Crippen LogP contribution < -0.4 is 10.0 Å². The first-order valence-electron chi connectivity index (χ1n) is 11.0. The molecule has 0 bridgehead atoms. The average Bonchev–Trinajstić information content (AvgIpc) is 3.23. The lowest BCUT2D eigenvalue weighted by Gasteiger charge is -2.15. The second-order valence-corrected chi connectivity index (χ2v) is 9.96. The minimum atomic E-state index is -4.60. The maximum absolute atomic E-state index is 12.9. The van der Waals surface area contributed by atoms with Gasteiger partial charge in [0.05, 0.1) is 10.5 Å². The Hall–Kier alpha value is -3.86. The highest BCUT2D eigenvalue weighted by atomic mass is 32.2. The number of nitrogens with one attached hydrogen (secondary N) is 2. The lowest BCUT2D eigenvalue weighted by Crippen LogP contribution is -2.23. The predicted molar refractivity (Wildman–Crippen MR) is 128 cm³/mol. The number of sulfonamides is 1. The van der Waals surface area contributed by atoms with Gasteiger partial charge in [-0.05, 0) is 66.6 Å². The van der Waals surface area contributed by atoms with Gasteiger partial charge in [-0.2, -0.15) is 13.2 Å². The molecule has 11 heteroatoms. The summed E-state index contributed by atoms with van der Waals surface area (Å²) in [6.45, 7) is 1.22. The lowest BCUT2D eigenvalue weighted by atomic mass is 10.1. The zero-order valence-corrected chi connectivity index (χ0v) is 19.7. The van der Waals surface area contributed by atoms with Gasteiger partial charge in [0.25, 0.3) is 15.9 Å². The number of alkyl halides is 3. The highest BCUT2D eigenvalue weighted by molar-refractivity contribution is 7.92. The minimum absolute atomic E-state index is 0.118. The highest BCUT2D eigenvalue weighted by Crippen LogP contribution is 2.31. The van der Waals surface area contributed by atoms with Crippen LogP contribution in [0.1, 0.15) is 34.3 Å². The molecule has 0 unspecified atom stereocenters. The van der Waals surface area contributed by atoms with E-state index in [9.17, 15) is 31.2 Å². The van der Waals surface area contributed by atoms with Crippen molar-refractivity contribution in [3.05, 3.63) is 89.5 Å². The number of carbonyl (C=O) groups is 2. The first kappa shape index (κ1) is 25.2. The summed E-state index contributed by atoms with van der Waals surface area (Å²) in [5.74, 6) is -0.288. The van der Waals surface area contributed by atoms with Crippen molar-refractivity contribution in [3.63, 3.8) is 0 Å². The van der Waals surface area contributed by atoms with Crippen molar-refractivity contribution in [3.8, 4) is 0 Å². The number of anilines is 2. The molecule has 3 aromatic rings. The molecule has 0 spiro atoms. The fourth-order valence-electron chi connectivity index (χ4n) is 3.75. The largest absolute Gasteiger partial charge is 0.416 e. The maximum atomic E-state index is 12.9. The van der Waals surface area contributed by atoms with Crippen molar-refractivity contribution in [2.45, 2.75) is 30.5 Å². The number of hydrogen-bond acceptors (Lipinski definition) is 4. The van der Waals surface area contributed by atoms with E-state index in [-0.39, 0.29) is 16.5 Å². The van der Waals surface area contributed by atoms with Crippen molar-refractivity contribution < 1.29 is 31.2 Å². The third-order valence-electron chi connectivity index (χ3n) is 5.63. The SMILES string of the molecule is O=C(Nc1ccc(S(=O)(=O)Nc2cccc(C(F)(F)F)c2)cc1)c1ccc(CN2CCCC2=O)cc1. The smallest absolute Gasteiger partial charge is 0.338 e. The molecule has 36 heavy (non-hydrogen) atoms. The molecule has 2 N–H and O–H groups in total. The van der Waals surface area contributed by atoms with Gasteiger partial charge in [-0.1, -0.05) is 18.2 Å².